The number of ether oxygens (including phenoxy) is 1. The van der Waals surface area contributed by atoms with Crippen molar-refractivity contribution in [3.05, 3.63) is 64.7 Å². The van der Waals surface area contributed by atoms with Gasteiger partial charge in [-0.2, -0.15) is 0 Å². The van der Waals surface area contributed by atoms with E-state index in [2.05, 4.69) is 15.4 Å². The lowest BCUT2D eigenvalue weighted by Crippen LogP contribution is -2.30. The highest BCUT2D eigenvalue weighted by Gasteiger charge is 2.13. The average molecular weight is 362 g/mol. The number of halogens is 2. The predicted molar refractivity (Wildman–Crippen MR) is 93.9 cm³/mol. The molecule has 0 bridgehead atoms. The fourth-order valence-electron chi connectivity index (χ4n) is 2.34. The van der Waals surface area contributed by atoms with Crippen molar-refractivity contribution in [3.63, 3.8) is 0 Å². The first-order valence-corrected chi connectivity index (χ1v) is 7.99. The van der Waals surface area contributed by atoms with E-state index in [-0.39, 0.29) is 18.5 Å². The fraction of sp³-hybridized carbons (Fsp3) is 0.263. The molecule has 0 radical (unpaired) electrons. The Morgan fingerprint density at radius 2 is 1.85 bits per heavy atom. The van der Waals surface area contributed by atoms with Gasteiger partial charge in [-0.1, -0.05) is 12.1 Å². The molecule has 2 aromatic rings. The van der Waals surface area contributed by atoms with E-state index in [0.29, 0.717) is 16.8 Å². The maximum Gasteiger partial charge on any atom is 0.337 e. The molecular weight excluding hydrogens is 342 g/mol. The van der Waals surface area contributed by atoms with Crippen LogP contribution >= 0.6 is 0 Å². The van der Waals surface area contributed by atoms with Crippen LogP contribution in [0, 0.1) is 18.6 Å². The van der Waals surface area contributed by atoms with E-state index < -0.39 is 17.6 Å². The molecular formula is C19H20F2N2O3. The second-order valence-electron chi connectivity index (χ2n) is 5.85. The number of rotatable bonds is 6. The normalized spacial score (nSPS) is 11.7. The molecule has 0 heterocycles. The Morgan fingerprint density at radius 1 is 1.12 bits per heavy atom. The summed E-state index contributed by atoms with van der Waals surface area (Å²) in [6.45, 7) is 3.50. The van der Waals surface area contributed by atoms with Crippen LogP contribution in [-0.2, 0) is 9.53 Å². The first-order valence-electron chi connectivity index (χ1n) is 7.99. The topological polar surface area (TPSA) is 67.4 Å². The Labute approximate surface area is 150 Å². The summed E-state index contributed by atoms with van der Waals surface area (Å²) in [4.78, 5) is 23.7. The van der Waals surface area contributed by atoms with Crippen LogP contribution in [0.5, 0.6) is 0 Å². The number of anilines is 1. The third kappa shape index (κ3) is 4.86. The van der Waals surface area contributed by atoms with Crippen LogP contribution in [0.2, 0.25) is 0 Å². The summed E-state index contributed by atoms with van der Waals surface area (Å²) in [6.07, 6.45) is 0. The minimum atomic E-state index is -0.934. The van der Waals surface area contributed by atoms with E-state index in [9.17, 15) is 18.4 Å². The summed E-state index contributed by atoms with van der Waals surface area (Å²) in [5, 5.41) is 5.65. The van der Waals surface area contributed by atoms with Crippen molar-refractivity contribution in [2.45, 2.75) is 19.9 Å². The van der Waals surface area contributed by atoms with E-state index in [1.807, 2.05) is 0 Å². The standard InChI is InChI=1S/C19H20F2N2O3/c1-11-4-5-14(19(25)26-3)9-17(11)23-18(24)10-22-12(2)13-6-7-15(20)16(21)8-13/h4-9,12,22H,10H2,1-3H3,(H,23,24)/t12-/m1/s1. The van der Waals surface area contributed by atoms with Gasteiger partial charge in [0.15, 0.2) is 11.6 Å². The first kappa shape index (κ1) is 19.5. The maximum atomic E-state index is 13.3. The molecule has 0 aromatic heterocycles. The third-order valence-corrected chi connectivity index (χ3v) is 3.95. The van der Waals surface area contributed by atoms with Crippen molar-refractivity contribution in [1.29, 1.82) is 0 Å². The minimum Gasteiger partial charge on any atom is -0.465 e. The molecule has 0 fully saturated rings. The summed E-state index contributed by atoms with van der Waals surface area (Å²) in [5.74, 6) is -2.68. The largest absolute Gasteiger partial charge is 0.465 e. The zero-order valence-corrected chi connectivity index (χ0v) is 14.7. The smallest absolute Gasteiger partial charge is 0.337 e. The minimum absolute atomic E-state index is 0.0396. The van der Waals surface area contributed by atoms with E-state index in [1.165, 1.54) is 19.2 Å². The van der Waals surface area contributed by atoms with Crippen LogP contribution in [-0.4, -0.2) is 25.5 Å². The van der Waals surface area contributed by atoms with E-state index in [1.54, 1.807) is 26.0 Å². The Kier molecular flexibility index (Phi) is 6.41. The van der Waals surface area contributed by atoms with Gasteiger partial charge in [0.2, 0.25) is 5.91 Å². The summed E-state index contributed by atoms with van der Waals surface area (Å²) in [5.41, 5.74) is 2.15. The molecule has 7 heteroatoms. The number of nitrogens with one attached hydrogen (secondary N) is 2. The number of benzene rings is 2. The lowest BCUT2D eigenvalue weighted by atomic mass is 10.1. The first-order chi connectivity index (χ1) is 12.3. The van der Waals surface area contributed by atoms with Crippen molar-refractivity contribution in [3.8, 4) is 0 Å². The molecule has 0 spiro atoms. The molecule has 5 nitrogen and oxygen atoms in total. The number of carbonyl (C=O) groups is 2. The quantitative estimate of drug-likeness (QED) is 0.774. The lowest BCUT2D eigenvalue weighted by molar-refractivity contribution is -0.115. The number of hydrogen-bond acceptors (Lipinski definition) is 4. The van der Waals surface area contributed by atoms with E-state index >= 15 is 0 Å². The third-order valence-electron chi connectivity index (χ3n) is 3.95. The number of hydrogen-bond donors (Lipinski definition) is 2. The highest BCUT2D eigenvalue weighted by Crippen LogP contribution is 2.18. The fourth-order valence-corrected chi connectivity index (χ4v) is 2.34. The molecule has 26 heavy (non-hydrogen) atoms. The van der Waals surface area contributed by atoms with Crippen molar-refractivity contribution in [2.75, 3.05) is 19.0 Å². The zero-order chi connectivity index (χ0) is 19.3. The van der Waals surface area contributed by atoms with Gasteiger partial charge in [0, 0.05) is 11.7 Å². The van der Waals surface area contributed by atoms with Crippen LogP contribution in [0.1, 0.15) is 34.5 Å². The highest BCUT2D eigenvalue weighted by atomic mass is 19.2. The van der Waals surface area contributed by atoms with Crippen LogP contribution in [0.15, 0.2) is 36.4 Å². The number of amides is 1. The van der Waals surface area contributed by atoms with Gasteiger partial charge >= 0.3 is 5.97 Å². The Bertz CT molecular complexity index is 824. The Balaban J connectivity index is 1.98. The molecule has 2 aromatic carbocycles. The van der Waals surface area contributed by atoms with Gasteiger partial charge in [0.1, 0.15) is 0 Å². The van der Waals surface area contributed by atoms with Gasteiger partial charge in [-0.25, -0.2) is 13.6 Å². The van der Waals surface area contributed by atoms with Crippen molar-refractivity contribution in [1.82, 2.24) is 5.32 Å². The van der Waals surface area contributed by atoms with Crippen LogP contribution < -0.4 is 10.6 Å². The van der Waals surface area contributed by atoms with Gasteiger partial charge in [-0.05, 0) is 49.2 Å². The molecule has 1 atom stereocenters. The van der Waals surface area contributed by atoms with Gasteiger partial charge < -0.3 is 15.4 Å². The summed E-state index contributed by atoms with van der Waals surface area (Å²) in [7, 11) is 1.28. The van der Waals surface area contributed by atoms with Crippen molar-refractivity contribution >= 4 is 17.6 Å². The number of aryl methyl sites for hydroxylation is 1. The monoisotopic (exact) mass is 362 g/mol. The maximum absolute atomic E-state index is 13.3. The Hall–Kier alpha value is -2.80. The van der Waals surface area contributed by atoms with Gasteiger partial charge in [-0.3, -0.25) is 4.79 Å². The average Bonchev–Trinajstić information content (AvgIpc) is 2.63. The number of carbonyl (C=O) groups excluding carboxylic acids is 2. The van der Waals surface area contributed by atoms with Gasteiger partial charge in [0.25, 0.3) is 0 Å². The molecule has 0 saturated heterocycles. The van der Waals surface area contributed by atoms with Gasteiger partial charge in [0.05, 0.1) is 19.2 Å². The van der Waals surface area contributed by atoms with Crippen molar-refractivity contribution < 1.29 is 23.1 Å². The van der Waals surface area contributed by atoms with Crippen LogP contribution in [0.3, 0.4) is 0 Å². The second kappa shape index (κ2) is 8.53. The SMILES string of the molecule is COC(=O)c1ccc(C)c(NC(=O)CN[C@H](C)c2ccc(F)c(F)c2)c1. The van der Waals surface area contributed by atoms with Gasteiger partial charge in [-0.15, -0.1) is 0 Å². The molecule has 0 aliphatic rings. The molecule has 2 rings (SSSR count). The molecule has 1 amide bonds. The number of methoxy groups -OCH3 is 1. The lowest BCUT2D eigenvalue weighted by Gasteiger charge is -2.15. The van der Waals surface area contributed by atoms with Crippen LogP contribution in [0.25, 0.3) is 0 Å². The predicted octanol–water partition coefficient (Wildman–Crippen LogP) is 3.35. The van der Waals surface area contributed by atoms with E-state index in [4.69, 9.17) is 0 Å². The molecule has 2 N–H and O–H groups in total. The molecule has 138 valence electrons. The molecule has 0 saturated carbocycles. The molecule has 0 aliphatic heterocycles. The number of esters is 1. The van der Waals surface area contributed by atoms with E-state index in [0.717, 1.165) is 17.7 Å². The second-order valence-corrected chi connectivity index (χ2v) is 5.85. The zero-order valence-electron chi connectivity index (χ0n) is 14.7. The van der Waals surface area contributed by atoms with Crippen LogP contribution in [0.4, 0.5) is 14.5 Å². The molecule has 0 unspecified atom stereocenters. The summed E-state index contributed by atoms with van der Waals surface area (Å²) >= 11 is 0. The summed E-state index contributed by atoms with van der Waals surface area (Å²) in [6, 6.07) is 8.10. The highest BCUT2D eigenvalue weighted by molar-refractivity contribution is 5.96. The Morgan fingerprint density at radius 3 is 2.50 bits per heavy atom. The molecule has 0 aliphatic carbocycles. The van der Waals surface area contributed by atoms with Crippen molar-refractivity contribution in [2.24, 2.45) is 0 Å². The summed E-state index contributed by atoms with van der Waals surface area (Å²) < 4.78 is 30.9.